The molecule has 0 N–H and O–H groups in total. The highest BCUT2D eigenvalue weighted by Gasteiger charge is 1.92. The minimum Gasteiger partial charge on any atom is -0.100 e. The maximum atomic E-state index is 3.56. The van der Waals surface area contributed by atoms with E-state index in [1.165, 1.54) is 40.3 Å². The van der Waals surface area contributed by atoms with E-state index in [0.29, 0.717) is 0 Å². The number of allylic oxidation sites excluding steroid dienone is 1. The largest absolute Gasteiger partial charge is 0.100 e. The van der Waals surface area contributed by atoms with E-state index in [0.717, 1.165) is 0 Å². The Hall–Kier alpha value is -2.34. The quantitative estimate of drug-likeness (QED) is 0.433. The lowest BCUT2D eigenvalue weighted by Gasteiger charge is -1.98. The van der Waals surface area contributed by atoms with E-state index >= 15 is 0 Å². The van der Waals surface area contributed by atoms with Crippen LogP contribution in [0.5, 0.6) is 0 Å². The third kappa shape index (κ3) is 7.78. The summed E-state index contributed by atoms with van der Waals surface area (Å²) >= 11 is 0. The monoisotopic (exact) mass is 318 g/mol. The van der Waals surface area contributed by atoms with E-state index in [1.54, 1.807) is 0 Å². The number of benzene rings is 3. The minimum atomic E-state index is 1.17. The summed E-state index contributed by atoms with van der Waals surface area (Å²) in [5.74, 6) is 0. The van der Waals surface area contributed by atoms with Gasteiger partial charge in [-0.15, -0.1) is 6.58 Å². The van der Waals surface area contributed by atoms with Gasteiger partial charge in [0.2, 0.25) is 0 Å². The van der Waals surface area contributed by atoms with Crippen molar-refractivity contribution in [3.05, 3.63) is 96.1 Å². The van der Waals surface area contributed by atoms with Crippen LogP contribution < -0.4 is 0 Å². The van der Waals surface area contributed by atoms with E-state index in [1.807, 2.05) is 13.8 Å². The number of rotatable bonds is 2. The SMILES string of the molecule is C=C(C)C.CCCc1ccccc1.Cc1cccc2ccccc12. The summed E-state index contributed by atoms with van der Waals surface area (Å²) in [5, 5.41) is 2.68. The van der Waals surface area contributed by atoms with E-state index in [-0.39, 0.29) is 0 Å². The molecule has 3 aromatic rings. The molecule has 0 amide bonds. The van der Waals surface area contributed by atoms with Gasteiger partial charge in [0.1, 0.15) is 0 Å². The number of fused-ring (bicyclic) bond motifs is 1. The number of hydrogen-bond acceptors (Lipinski definition) is 0. The first kappa shape index (κ1) is 19.7. The summed E-state index contributed by atoms with van der Waals surface area (Å²) in [6.45, 7) is 11.8. The molecule has 0 aliphatic heterocycles. The zero-order valence-electron chi connectivity index (χ0n) is 15.5. The molecule has 24 heavy (non-hydrogen) atoms. The molecule has 0 aliphatic carbocycles. The fourth-order valence-electron chi connectivity index (χ4n) is 2.32. The fourth-order valence-corrected chi connectivity index (χ4v) is 2.32. The molecular weight excluding hydrogens is 288 g/mol. The average Bonchev–Trinajstić information content (AvgIpc) is 2.57. The standard InChI is InChI=1S/C11H10.C9H12.C4H8/c1-9-5-4-7-10-6-2-3-8-11(9)10;1-2-6-9-7-4-3-5-8-9;1-4(2)3/h2-8H,1H3;3-5,7-8H,2,6H2,1H3;1H2,2-3H3. The van der Waals surface area contributed by atoms with Crippen LogP contribution in [-0.4, -0.2) is 0 Å². The van der Waals surface area contributed by atoms with Crippen LogP contribution in [0.3, 0.4) is 0 Å². The molecule has 0 unspecified atom stereocenters. The molecule has 0 atom stereocenters. The van der Waals surface area contributed by atoms with Crippen molar-refractivity contribution in [3.63, 3.8) is 0 Å². The molecule has 0 bridgehead atoms. The molecule has 0 saturated carbocycles. The molecular formula is C24H30. The van der Waals surface area contributed by atoms with Crippen LogP contribution in [-0.2, 0) is 6.42 Å². The molecule has 3 rings (SSSR count). The summed E-state index contributed by atoms with van der Waals surface area (Å²) in [6.07, 6.45) is 2.45. The van der Waals surface area contributed by atoms with Gasteiger partial charge < -0.3 is 0 Å². The van der Waals surface area contributed by atoms with Gasteiger partial charge in [-0.2, -0.15) is 0 Å². The van der Waals surface area contributed by atoms with E-state index in [2.05, 4.69) is 93.2 Å². The molecule has 0 fully saturated rings. The molecule has 0 spiro atoms. The Bertz CT molecular complexity index is 714. The Morgan fingerprint density at radius 2 is 1.33 bits per heavy atom. The molecule has 0 saturated heterocycles. The molecule has 3 aromatic carbocycles. The van der Waals surface area contributed by atoms with Gasteiger partial charge in [0.05, 0.1) is 0 Å². The van der Waals surface area contributed by atoms with E-state index in [4.69, 9.17) is 0 Å². The number of hydrogen-bond donors (Lipinski definition) is 0. The van der Waals surface area contributed by atoms with Gasteiger partial charge in [0, 0.05) is 0 Å². The molecule has 0 radical (unpaired) electrons. The van der Waals surface area contributed by atoms with Crippen molar-refractivity contribution in [1.29, 1.82) is 0 Å². The molecule has 0 aliphatic rings. The van der Waals surface area contributed by atoms with Crippen LogP contribution >= 0.6 is 0 Å². The predicted octanol–water partition coefficient (Wildman–Crippen LogP) is 7.37. The first-order chi connectivity index (χ1) is 11.5. The highest BCUT2D eigenvalue weighted by Crippen LogP contribution is 2.16. The van der Waals surface area contributed by atoms with Crippen LogP contribution in [0.1, 0.15) is 38.3 Å². The summed E-state index contributed by atoms with van der Waals surface area (Å²) in [4.78, 5) is 0. The van der Waals surface area contributed by atoms with Crippen LogP contribution in [0, 0.1) is 6.92 Å². The summed E-state index contributed by atoms with van der Waals surface area (Å²) < 4.78 is 0. The maximum absolute atomic E-state index is 3.56. The van der Waals surface area contributed by atoms with Crippen molar-refractivity contribution in [2.24, 2.45) is 0 Å². The Morgan fingerprint density at radius 1 is 0.792 bits per heavy atom. The van der Waals surface area contributed by atoms with Crippen molar-refractivity contribution in [3.8, 4) is 0 Å². The van der Waals surface area contributed by atoms with Crippen LogP contribution in [0.25, 0.3) is 10.8 Å². The summed E-state index contributed by atoms with van der Waals surface area (Å²) in [5.41, 5.74) is 3.96. The van der Waals surface area contributed by atoms with Gasteiger partial charge in [-0.3, -0.25) is 0 Å². The zero-order valence-corrected chi connectivity index (χ0v) is 15.5. The topological polar surface area (TPSA) is 0 Å². The van der Waals surface area contributed by atoms with Crippen LogP contribution in [0.4, 0.5) is 0 Å². The fraction of sp³-hybridized carbons (Fsp3) is 0.250. The van der Waals surface area contributed by atoms with Gasteiger partial charge in [-0.1, -0.05) is 91.7 Å². The second kappa shape index (κ2) is 11.2. The highest BCUT2D eigenvalue weighted by molar-refractivity contribution is 5.85. The van der Waals surface area contributed by atoms with Gasteiger partial charge >= 0.3 is 0 Å². The molecule has 126 valence electrons. The lowest BCUT2D eigenvalue weighted by molar-refractivity contribution is 0.922. The van der Waals surface area contributed by atoms with E-state index in [9.17, 15) is 0 Å². The van der Waals surface area contributed by atoms with Gasteiger partial charge in [-0.25, -0.2) is 0 Å². The zero-order chi connectivity index (χ0) is 17.8. The molecule has 0 nitrogen and oxygen atoms in total. The van der Waals surface area contributed by atoms with Crippen molar-refractivity contribution < 1.29 is 0 Å². The van der Waals surface area contributed by atoms with Crippen molar-refractivity contribution in [2.45, 2.75) is 40.5 Å². The minimum absolute atomic E-state index is 1.17. The predicted molar refractivity (Wildman–Crippen MR) is 110 cm³/mol. The normalized spacial score (nSPS) is 9.33. The smallest absolute Gasteiger partial charge is 0.0155 e. The van der Waals surface area contributed by atoms with Crippen molar-refractivity contribution in [1.82, 2.24) is 0 Å². The molecule has 0 aromatic heterocycles. The summed E-state index contributed by atoms with van der Waals surface area (Å²) in [7, 11) is 0. The Morgan fingerprint density at radius 3 is 1.92 bits per heavy atom. The first-order valence-electron chi connectivity index (χ1n) is 8.65. The first-order valence-corrected chi connectivity index (χ1v) is 8.65. The Balaban J connectivity index is 0.000000201. The van der Waals surface area contributed by atoms with E-state index < -0.39 is 0 Å². The third-order valence-electron chi connectivity index (χ3n) is 3.39. The Kier molecular flexibility index (Phi) is 9.23. The number of aryl methyl sites for hydroxylation is 2. The van der Waals surface area contributed by atoms with Gasteiger partial charge in [-0.05, 0) is 49.1 Å². The summed E-state index contributed by atoms with van der Waals surface area (Å²) in [6, 6.07) is 25.4. The van der Waals surface area contributed by atoms with Gasteiger partial charge in [0.15, 0.2) is 0 Å². The average molecular weight is 319 g/mol. The van der Waals surface area contributed by atoms with Crippen molar-refractivity contribution >= 4 is 10.8 Å². The highest BCUT2D eigenvalue weighted by atomic mass is 14.0. The lowest BCUT2D eigenvalue weighted by atomic mass is 10.1. The second-order valence-electron chi connectivity index (χ2n) is 6.24. The third-order valence-corrected chi connectivity index (χ3v) is 3.39. The molecule has 0 heterocycles. The lowest BCUT2D eigenvalue weighted by Crippen LogP contribution is -1.78. The second-order valence-corrected chi connectivity index (χ2v) is 6.24. The molecule has 0 heteroatoms. The van der Waals surface area contributed by atoms with Gasteiger partial charge in [0.25, 0.3) is 0 Å². The maximum Gasteiger partial charge on any atom is -0.0155 e. The Labute approximate surface area is 147 Å². The van der Waals surface area contributed by atoms with Crippen molar-refractivity contribution in [2.75, 3.05) is 0 Å². The van der Waals surface area contributed by atoms with Crippen LogP contribution in [0.15, 0.2) is 84.9 Å². The van der Waals surface area contributed by atoms with Crippen LogP contribution in [0.2, 0.25) is 0 Å².